The van der Waals surface area contributed by atoms with Gasteiger partial charge in [-0.05, 0) is 67.1 Å². The first-order valence-electron chi connectivity index (χ1n) is 11.8. The molecule has 0 aliphatic heterocycles. The molecule has 7 unspecified atom stereocenters. The van der Waals surface area contributed by atoms with Gasteiger partial charge in [-0.1, -0.05) is 44.2 Å². The van der Waals surface area contributed by atoms with Crippen molar-refractivity contribution in [3.8, 4) is 0 Å². The molecule has 8 atom stereocenters. The van der Waals surface area contributed by atoms with Crippen molar-refractivity contribution >= 4 is 23.3 Å². The molecule has 1 heterocycles. The zero-order valence-electron chi connectivity index (χ0n) is 19.0. The van der Waals surface area contributed by atoms with E-state index in [2.05, 4.69) is 36.8 Å². The molecule has 1 aromatic rings. The van der Waals surface area contributed by atoms with Gasteiger partial charge in [0, 0.05) is 29.6 Å². The Hall–Kier alpha value is -1.79. The van der Waals surface area contributed by atoms with Crippen molar-refractivity contribution in [3.05, 3.63) is 42.3 Å². The fraction of sp³-hybridized carbons (Fsp3) is 0.615. The van der Waals surface area contributed by atoms with Gasteiger partial charge in [0.05, 0.1) is 11.9 Å². The van der Waals surface area contributed by atoms with E-state index in [1.54, 1.807) is 24.5 Å². The summed E-state index contributed by atoms with van der Waals surface area (Å²) >= 11 is 1.41. The van der Waals surface area contributed by atoms with Crippen LogP contribution in [0.1, 0.15) is 46.5 Å². The third-order valence-corrected chi connectivity index (χ3v) is 9.99. The highest BCUT2D eigenvalue weighted by molar-refractivity contribution is 7.99. The van der Waals surface area contributed by atoms with Gasteiger partial charge in [0.15, 0.2) is 10.9 Å². The second kappa shape index (κ2) is 7.91. The monoisotopic (exact) mass is 452 g/mol. The molecule has 0 spiro atoms. The summed E-state index contributed by atoms with van der Waals surface area (Å²) in [5, 5.41) is 12.1. The number of carbonyl (C=O) groups is 2. The number of aliphatic hydroxyl groups excluding tert-OH is 1. The van der Waals surface area contributed by atoms with Gasteiger partial charge in [-0.25, -0.2) is 9.97 Å². The van der Waals surface area contributed by atoms with Gasteiger partial charge in [-0.2, -0.15) is 0 Å². The Labute approximate surface area is 194 Å². The van der Waals surface area contributed by atoms with Gasteiger partial charge >= 0.3 is 0 Å². The molecule has 0 aromatic carbocycles. The lowest BCUT2D eigenvalue weighted by Crippen LogP contribution is -2.57. The Bertz CT molecular complexity index is 992. The van der Waals surface area contributed by atoms with Crippen LogP contribution < -0.4 is 0 Å². The number of hydrogen-bond acceptors (Lipinski definition) is 6. The summed E-state index contributed by atoms with van der Waals surface area (Å²) in [6.07, 6.45) is 12.0. The van der Waals surface area contributed by atoms with Crippen LogP contribution in [0.25, 0.3) is 0 Å². The number of Topliss-reactive ketones (excluding diaryl/α,β-unsaturated/α-hetero) is 1. The molecule has 3 saturated carbocycles. The molecule has 0 amide bonds. The van der Waals surface area contributed by atoms with E-state index >= 15 is 0 Å². The highest BCUT2D eigenvalue weighted by Gasteiger charge is 2.63. The van der Waals surface area contributed by atoms with E-state index in [1.807, 2.05) is 6.08 Å². The minimum Gasteiger partial charge on any atom is -0.393 e. The van der Waals surface area contributed by atoms with Crippen molar-refractivity contribution in [2.75, 3.05) is 5.75 Å². The van der Waals surface area contributed by atoms with E-state index in [4.69, 9.17) is 0 Å². The number of rotatable bonds is 4. The molecule has 0 saturated heterocycles. The van der Waals surface area contributed by atoms with E-state index in [0.717, 1.165) is 19.3 Å². The number of allylic oxidation sites excluding steroid dienone is 4. The van der Waals surface area contributed by atoms with Crippen molar-refractivity contribution < 1.29 is 14.7 Å². The van der Waals surface area contributed by atoms with Crippen molar-refractivity contribution in [1.29, 1.82) is 0 Å². The van der Waals surface area contributed by atoms with Crippen molar-refractivity contribution in [1.82, 2.24) is 9.97 Å². The first-order chi connectivity index (χ1) is 15.2. The van der Waals surface area contributed by atoms with Crippen LogP contribution >= 0.6 is 11.8 Å². The van der Waals surface area contributed by atoms with Crippen LogP contribution in [0.5, 0.6) is 0 Å². The number of thioether (sulfide) groups is 1. The summed E-state index contributed by atoms with van der Waals surface area (Å²) in [6, 6.07) is 1.78. The summed E-state index contributed by atoms with van der Waals surface area (Å²) < 4.78 is 0. The predicted octanol–water partition coefficient (Wildman–Crippen LogP) is 4.28. The standard InChI is InChI=1S/C26H32N2O3S/c1-15-11-17-18-5-6-19(22(31)14-32-24-27-9-4-10-28-24)26(18,3)13-21(30)23(17)25(2)8-7-16(29)12-20(15)25/h4,7-10,12,15,17-19,21,23,30H,5-6,11,13-14H2,1-3H3/t15-,17?,18?,19?,21?,23?,25?,26?/m0/s1. The van der Waals surface area contributed by atoms with Crippen LogP contribution in [-0.4, -0.2) is 38.5 Å². The molecule has 1 N–H and O–H groups in total. The number of nitrogens with zero attached hydrogens (tertiary/aromatic N) is 2. The van der Waals surface area contributed by atoms with Gasteiger partial charge in [-0.15, -0.1) is 0 Å². The SMILES string of the molecule is C[C@H]1CC2C(C(O)CC3(C)C(C(=O)CSc4ncccn4)CCC23)C2(C)C=CC(=O)C=C12. The van der Waals surface area contributed by atoms with Crippen LogP contribution in [0.15, 0.2) is 47.4 Å². The Kier molecular flexibility index (Phi) is 5.44. The fourth-order valence-corrected chi connectivity index (χ4v) is 8.62. The van der Waals surface area contributed by atoms with Crippen LogP contribution in [0.2, 0.25) is 0 Å². The first-order valence-corrected chi connectivity index (χ1v) is 12.8. The molecule has 6 heteroatoms. The molecule has 0 bridgehead atoms. The minimum absolute atomic E-state index is 0.0251. The third kappa shape index (κ3) is 3.33. The largest absolute Gasteiger partial charge is 0.393 e. The van der Waals surface area contributed by atoms with Crippen molar-refractivity contribution in [2.24, 2.45) is 40.4 Å². The van der Waals surface area contributed by atoms with E-state index in [0.29, 0.717) is 35.1 Å². The summed E-state index contributed by atoms with van der Waals surface area (Å²) in [4.78, 5) is 33.9. The number of aromatic nitrogens is 2. The second-order valence-electron chi connectivity index (χ2n) is 10.7. The second-order valence-corrected chi connectivity index (χ2v) is 11.7. The van der Waals surface area contributed by atoms with E-state index in [1.165, 1.54) is 17.3 Å². The maximum atomic E-state index is 13.3. The van der Waals surface area contributed by atoms with Gasteiger partial charge < -0.3 is 5.11 Å². The molecule has 5 nitrogen and oxygen atoms in total. The van der Waals surface area contributed by atoms with Gasteiger partial charge in [0.1, 0.15) is 5.78 Å². The van der Waals surface area contributed by atoms with Gasteiger partial charge in [0.2, 0.25) is 0 Å². The lowest BCUT2D eigenvalue weighted by Gasteiger charge is -2.60. The molecular formula is C26H32N2O3S. The molecule has 1 aromatic heterocycles. The molecule has 3 fully saturated rings. The van der Waals surface area contributed by atoms with Gasteiger partial charge in [0.25, 0.3) is 0 Å². The topological polar surface area (TPSA) is 80.2 Å². The van der Waals surface area contributed by atoms with Crippen LogP contribution in [0.4, 0.5) is 0 Å². The van der Waals surface area contributed by atoms with Crippen LogP contribution in [0.3, 0.4) is 0 Å². The number of fused-ring (bicyclic) bond motifs is 5. The summed E-state index contributed by atoms with van der Waals surface area (Å²) in [6.45, 7) is 6.67. The molecule has 32 heavy (non-hydrogen) atoms. The highest BCUT2D eigenvalue weighted by Crippen LogP contribution is 2.66. The summed E-state index contributed by atoms with van der Waals surface area (Å²) in [7, 11) is 0. The molecule has 5 rings (SSSR count). The number of aliphatic hydroxyl groups is 1. The average Bonchev–Trinajstić information content (AvgIpc) is 3.10. The average molecular weight is 453 g/mol. The van der Waals surface area contributed by atoms with Crippen molar-refractivity contribution in [3.63, 3.8) is 0 Å². The predicted molar refractivity (Wildman–Crippen MR) is 124 cm³/mol. The highest BCUT2D eigenvalue weighted by atomic mass is 32.2. The van der Waals surface area contributed by atoms with E-state index in [9.17, 15) is 14.7 Å². The van der Waals surface area contributed by atoms with E-state index < -0.39 is 6.10 Å². The zero-order chi connectivity index (χ0) is 22.7. The summed E-state index contributed by atoms with van der Waals surface area (Å²) in [5.41, 5.74) is 0.722. The minimum atomic E-state index is -0.474. The summed E-state index contributed by atoms with van der Waals surface area (Å²) in [5.74, 6) is 1.88. The van der Waals surface area contributed by atoms with Gasteiger partial charge in [-0.3, -0.25) is 9.59 Å². The molecule has 4 aliphatic rings. The first kappa shape index (κ1) is 22.0. The number of hydrogen-bond donors (Lipinski definition) is 1. The van der Waals surface area contributed by atoms with Crippen LogP contribution in [0, 0.1) is 40.4 Å². The lowest BCUT2D eigenvalue weighted by molar-refractivity contribution is -0.139. The molecule has 4 aliphatic carbocycles. The Morgan fingerprint density at radius 1 is 1.25 bits per heavy atom. The Balaban J connectivity index is 1.39. The normalized spacial score (nSPS) is 42.6. The maximum absolute atomic E-state index is 13.3. The Morgan fingerprint density at radius 3 is 2.75 bits per heavy atom. The van der Waals surface area contributed by atoms with Crippen molar-refractivity contribution in [2.45, 2.75) is 57.7 Å². The fourth-order valence-electron chi connectivity index (χ4n) is 7.87. The zero-order valence-corrected chi connectivity index (χ0v) is 19.8. The molecule has 170 valence electrons. The van der Waals surface area contributed by atoms with E-state index in [-0.39, 0.29) is 34.2 Å². The number of ketones is 2. The quantitative estimate of drug-likeness (QED) is 0.543. The third-order valence-electron chi connectivity index (χ3n) is 9.09. The Morgan fingerprint density at radius 2 is 2.00 bits per heavy atom. The molecular weight excluding hydrogens is 420 g/mol. The maximum Gasteiger partial charge on any atom is 0.187 e. The lowest BCUT2D eigenvalue weighted by atomic mass is 9.45. The smallest absolute Gasteiger partial charge is 0.187 e. The molecule has 0 radical (unpaired) electrons. The van der Waals surface area contributed by atoms with Crippen LogP contribution in [-0.2, 0) is 9.59 Å². The number of carbonyl (C=O) groups excluding carboxylic acids is 2.